The molecule has 0 heterocycles. The van der Waals surface area contributed by atoms with Crippen LogP contribution >= 0.6 is 11.8 Å². The summed E-state index contributed by atoms with van der Waals surface area (Å²) in [6.07, 6.45) is 0. The molecule has 1 rings (SSSR count). The Morgan fingerprint density at radius 2 is 2.12 bits per heavy atom. The molecular formula is C10H9F3O2S. The predicted molar refractivity (Wildman–Crippen MR) is 54.3 cm³/mol. The molecule has 0 spiro atoms. The first kappa shape index (κ1) is 12.9. The van der Waals surface area contributed by atoms with Crippen LogP contribution in [0.4, 0.5) is 13.2 Å². The van der Waals surface area contributed by atoms with E-state index in [-0.39, 0.29) is 28.8 Å². The Labute approximate surface area is 94.8 Å². The molecule has 6 heteroatoms. The molecule has 88 valence electrons. The lowest BCUT2D eigenvalue weighted by Crippen LogP contribution is -2.05. The molecule has 0 N–H and O–H groups in total. The molecule has 1 aromatic rings. The van der Waals surface area contributed by atoms with Gasteiger partial charge >= 0.3 is 11.5 Å². The highest BCUT2D eigenvalue weighted by Crippen LogP contribution is 2.36. The van der Waals surface area contributed by atoms with Gasteiger partial charge in [-0.3, -0.25) is 0 Å². The maximum atomic E-state index is 12.1. The molecule has 0 aliphatic rings. The number of esters is 1. The minimum Gasteiger partial charge on any atom is -0.462 e. The number of benzene rings is 1. The molecule has 0 unspecified atom stereocenters. The van der Waals surface area contributed by atoms with Crippen molar-refractivity contribution in [2.75, 3.05) is 6.61 Å². The lowest BCUT2D eigenvalue weighted by Gasteiger charge is -2.07. The van der Waals surface area contributed by atoms with E-state index in [9.17, 15) is 18.0 Å². The number of halogens is 3. The standard InChI is InChI=1S/C10H9F3O2S/c1-2-15-9(14)7-4-3-5-8(6-7)16-10(11,12)13/h3-6H,2H2,1H3. The van der Waals surface area contributed by atoms with Crippen LogP contribution in [0.15, 0.2) is 29.2 Å². The second-order valence-electron chi connectivity index (χ2n) is 2.80. The van der Waals surface area contributed by atoms with Gasteiger partial charge in [-0.2, -0.15) is 13.2 Å². The first-order valence-corrected chi connectivity index (χ1v) is 5.27. The largest absolute Gasteiger partial charge is 0.462 e. The summed E-state index contributed by atoms with van der Waals surface area (Å²) >= 11 is -0.257. The normalized spacial score (nSPS) is 11.2. The fourth-order valence-electron chi connectivity index (χ4n) is 1.03. The maximum Gasteiger partial charge on any atom is 0.446 e. The van der Waals surface area contributed by atoms with Gasteiger partial charge in [-0.1, -0.05) is 6.07 Å². The van der Waals surface area contributed by atoms with Crippen LogP contribution in [0.5, 0.6) is 0 Å². The zero-order valence-electron chi connectivity index (χ0n) is 8.38. The Hall–Kier alpha value is -1.17. The number of carbonyl (C=O) groups is 1. The Bertz CT molecular complexity index is 377. The van der Waals surface area contributed by atoms with Gasteiger partial charge in [0.1, 0.15) is 0 Å². The molecule has 0 aliphatic heterocycles. The average molecular weight is 250 g/mol. The first-order chi connectivity index (χ1) is 7.42. The van der Waals surface area contributed by atoms with Crippen molar-refractivity contribution in [3.8, 4) is 0 Å². The van der Waals surface area contributed by atoms with Crippen LogP contribution in [0, 0.1) is 0 Å². The first-order valence-electron chi connectivity index (χ1n) is 4.45. The average Bonchev–Trinajstić information content (AvgIpc) is 2.16. The fraction of sp³-hybridized carbons (Fsp3) is 0.300. The summed E-state index contributed by atoms with van der Waals surface area (Å²) in [6, 6.07) is 5.26. The van der Waals surface area contributed by atoms with Crippen LogP contribution < -0.4 is 0 Å². The van der Waals surface area contributed by atoms with Crippen molar-refractivity contribution >= 4 is 17.7 Å². The van der Waals surface area contributed by atoms with E-state index in [1.54, 1.807) is 6.92 Å². The fourth-order valence-corrected chi connectivity index (χ4v) is 1.63. The van der Waals surface area contributed by atoms with Crippen molar-refractivity contribution in [3.63, 3.8) is 0 Å². The Balaban J connectivity index is 2.83. The van der Waals surface area contributed by atoms with Gasteiger partial charge in [0.05, 0.1) is 12.2 Å². The summed E-state index contributed by atoms with van der Waals surface area (Å²) in [5.74, 6) is -0.618. The minimum atomic E-state index is -4.35. The number of alkyl halides is 3. The number of thioether (sulfide) groups is 1. The number of hydrogen-bond acceptors (Lipinski definition) is 3. The summed E-state index contributed by atoms with van der Waals surface area (Å²) in [5, 5.41) is 0. The number of rotatable bonds is 3. The van der Waals surface area contributed by atoms with Crippen LogP contribution in [0.1, 0.15) is 17.3 Å². The zero-order chi connectivity index (χ0) is 12.2. The summed E-state index contributed by atoms with van der Waals surface area (Å²) in [4.78, 5) is 11.2. The van der Waals surface area contributed by atoms with Gasteiger partial charge in [0.25, 0.3) is 0 Å². The van der Waals surface area contributed by atoms with Crippen molar-refractivity contribution in [2.24, 2.45) is 0 Å². The molecule has 0 aliphatic carbocycles. The van der Waals surface area contributed by atoms with E-state index in [1.807, 2.05) is 0 Å². The van der Waals surface area contributed by atoms with E-state index in [1.165, 1.54) is 18.2 Å². The van der Waals surface area contributed by atoms with E-state index in [4.69, 9.17) is 0 Å². The van der Waals surface area contributed by atoms with E-state index in [2.05, 4.69) is 4.74 Å². The molecule has 0 atom stereocenters. The van der Waals surface area contributed by atoms with Crippen molar-refractivity contribution in [1.82, 2.24) is 0 Å². The monoisotopic (exact) mass is 250 g/mol. The minimum absolute atomic E-state index is 0.0296. The molecule has 2 nitrogen and oxygen atoms in total. The van der Waals surface area contributed by atoms with Crippen LogP contribution in [0.2, 0.25) is 0 Å². The quantitative estimate of drug-likeness (QED) is 0.607. The van der Waals surface area contributed by atoms with Gasteiger partial charge in [-0.05, 0) is 36.9 Å². The molecule has 0 amide bonds. The van der Waals surface area contributed by atoms with E-state index < -0.39 is 11.5 Å². The van der Waals surface area contributed by atoms with Crippen molar-refractivity contribution < 1.29 is 22.7 Å². The number of ether oxygens (including phenoxy) is 1. The van der Waals surface area contributed by atoms with E-state index >= 15 is 0 Å². The summed E-state index contributed by atoms with van der Waals surface area (Å²) in [5.41, 5.74) is -4.23. The lowest BCUT2D eigenvalue weighted by atomic mass is 10.2. The Kier molecular flexibility index (Phi) is 4.23. The van der Waals surface area contributed by atoms with Crippen molar-refractivity contribution in [3.05, 3.63) is 29.8 Å². The second-order valence-corrected chi connectivity index (χ2v) is 3.93. The van der Waals surface area contributed by atoms with Gasteiger partial charge in [-0.25, -0.2) is 4.79 Å². The lowest BCUT2D eigenvalue weighted by molar-refractivity contribution is -0.0328. The topological polar surface area (TPSA) is 26.3 Å². The van der Waals surface area contributed by atoms with E-state index in [0.29, 0.717) is 0 Å². The van der Waals surface area contributed by atoms with Gasteiger partial charge < -0.3 is 4.74 Å². The second kappa shape index (κ2) is 5.25. The number of carbonyl (C=O) groups excluding carboxylic acids is 1. The molecule has 0 aromatic heterocycles. The Morgan fingerprint density at radius 3 is 2.69 bits per heavy atom. The summed E-state index contributed by atoms with van der Waals surface area (Å²) in [7, 11) is 0. The highest BCUT2D eigenvalue weighted by molar-refractivity contribution is 8.00. The van der Waals surface area contributed by atoms with Crippen LogP contribution in [-0.4, -0.2) is 18.1 Å². The molecule has 1 aromatic carbocycles. The maximum absolute atomic E-state index is 12.1. The van der Waals surface area contributed by atoms with Gasteiger partial charge in [0.2, 0.25) is 0 Å². The molecule has 0 saturated carbocycles. The van der Waals surface area contributed by atoms with Crippen LogP contribution in [-0.2, 0) is 4.74 Å². The third-order valence-electron chi connectivity index (χ3n) is 1.58. The van der Waals surface area contributed by atoms with Gasteiger partial charge in [-0.15, -0.1) is 0 Å². The summed E-state index contributed by atoms with van der Waals surface area (Å²) in [6.45, 7) is 1.82. The highest BCUT2D eigenvalue weighted by Gasteiger charge is 2.29. The highest BCUT2D eigenvalue weighted by atomic mass is 32.2. The van der Waals surface area contributed by atoms with E-state index in [0.717, 1.165) is 6.07 Å². The molecule has 0 bridgehead atoms. The third-order valence-corrected chi connectivity index (χ3v) is 2.30. The molecule has 0 saturated heterocycles. The zero-order valence-corrected chi connectivity index (χ0v) is 9.19. The van der Waals surface area contributed by atoms with Crippen LogP contribution in [0.25, 0.3) is 0 Å². The van der Waals surface area contributed by atoms with Crippen molar-refractivity contribution in [2.45, 2.75) is 17.3 Å². The predicted octanol–water partition coefficient (Wildman–Crippen LogP) is 3.48. The molecular weight excluding hydrogens is 241 g/mol. The van der Waals surface area contributed by atoms with Crippen molar-refractivity contribution in [1.29, 1.82) is 0 Å². The molecule has 0 fully saturated rings. The number of hydrogen-bond donors (Lipinski definition) is 0. The summed E-state index contributed by atoms with van der Waals surface area (Å²) < 4.78 is 40.9. The molecule has 16 heavy (non-hydrogen) atoms. The van der Waals surface area contributed by atoms with Crippen LogP contribution in [0.3, 0.4) is 0 Å². The SMILES string of the molecule is CCOC(=O)c1cccc(SC(F)(F)F)c1. The third kappa shape index (κ3) is 4.14. The smallest absolute Gasteiger partial charge is 0.446 e. The van der Waals surface area contributed by atoms with Gasteiger partial charge in [0, 0.05) is 4.90 Å². The van der Waals surface area contributed by atoms with Gasteiger partial charge in [0.15, 0.2) is 0 Å². The molecule has 0 radical (unpaired) electrons. The Morgan fingerprint density at radius 1 is 1.44 bits per heavy atom.